The summed E-state index contributed by atoms with van der Waals surface area (Å²) in [5, 5.41) is 12.1. The van der Waals surface area contributed by atoms with Crippen LogP contribution < -0.4 is 5.32 Å². The maximum Gasteiger partial charge on any atom is 0.0991 e. The summed E-state index contributed by atoms with van der Waals surface area (Å²) in [6.07, 6.45) is 3.92. The molecule has 1 fully saturated rings. The molecule has 0 bridgehead atoms. The largest absolute Gasteiger partial charge is 0.320 e. The summed E-state index contributed by atoms with van der Waals surface area (Å²) in [6, 6.07) is 10.7. The molecule has 20 heavy (non-hydrogen) atoms. The highest BCUT2D eigenvalue weighted by Crippen LogP contribution is 2.27. The monoisotopic (exact) mass is 271 g/mol. The van der Waals surface area contributed by atoms with Gasteiger partial charge in [0.1, 0.15) is 0 Å². The van der Waals surface area contributed by atoms with Crippen LogP contribution in [0.4, 0.5) is 0 Å². The van der Waals surface area contributed by atoms with Gasteiger partial charge >= 0.3 is 0 Å². The second-order valence-electron chi connectivity index (χ2n) is 5.78. The van der Waals surface area contributed by atoms with Gasteiger partial charge in [0.15, 0.2) is 0 Å². The van der Waals surface area contributed by atoms with Crippen molar-refractivity contribution >= 4 is 0 Å². The molecule has 1 unspecified atom stereocenters. The van der Waals surface area contributed by atoms with Crippen LogP contribution >= 0.6 is 0 Å². The third kappa shape index (κ3) is 3.82. The summed E-state index contributed by atoms with van der Waals surface area (Å²) >= 11 is 0. The van der Waals surface area contributed by atoms with Crippen LogP contribution in [0.5, 0.6) is 0 Å². The van der Waals surface area contributed by atoms with Crippen molar-refractivity contribution in [1.29, 1.82) is 5.26 Å². The van der Waals surface area contributed by atoms with Gasteiger partial charge in [0.2, 0.25) is 0 Å². The first-order chi connectivity index (χ1) is 9.74. The number of nitriles is 1. The van der Waals surface area contributed by atoms with Crippen molar-refractivity contribution in [2.24, 2.45) is 5.92 Å². The Morgan fingerprint density at radius 3 is 2.50 bits per heavy atom. The average molecular weight is 271 g/mol. The Morgan fingerprint density at radius 1 is 1.30 bits per heavy atom. The van der Waals surface area contributed by atoms with E-state index in [9.17, 15) is 0 Å². The number of hydrogen-bond donors (Lipinski definition) is 1. The molecule has 108 valence electrons. The second-order valence-corrected chi connectivity index (χ2v) is 5.78. The molecule has 1 saturated heterocycles. The van der Waals surface area contributed by atoms with Crippen LogP contribution in [0.2, 0.25) is 0 Å². The number of nitrogens with zero attached hydrogens (tertiary/aromatic N) is 2. The first-order valence-electron chi connectivity index (χ1n) is 7.63. The van der Waals surface area contributed by atoms with Gasteiger partial charge in [-0.2, -0.15) is 5.26 Å². The highest BCUT2D eigenvalue weighted by atomic mass is 15.2. The van der Waals surface area contributed by atoms with Crippen LogP contribution in [-0.4, -0.2) is 31.6 Å². The van der Waals surface area contributed by atoms with E-state index in [2.05, 4.69) is 35.3 Å². The van der Waals surface area contributed by atoms with Crippen molar-refractivity contribution in [2.75, 3.05) is 26.7 Å². The summed E-state index contributed by atoms with van der Waals surface area (Å²) in [6.45, 7) is 5.79. The average Bonchev–Trinajstić information content (AvgIpc) is 2.53. The van der Waals surface area contributed by atoms with Crippen LogP contribution in [0, 0.1) is 17.2 Å². The Bertz CT molecular complexity index is 438. The van der Waals surface area contributed by atoms with E-state index in [1.54, 1.807) is 0 Å². The lowest BCUT2D eigenvalue weighted by molar-refractivity contribution is 0.137. The van der Waals surface area contributed by atoms with Gasteiger partial charge in [-0.25, -0.2) is 0 Å². The van der Waals surface area contributed by atoms with Crippen molar-refractivity contribution in [3.05, 3.63) is 35.4 Å². The zero-order valence-electron chi connectivity index (χ0n) is 12.6. The Balaban J connectivity index is 1.87. The summed E-state index contributed by atoms with van der Waals surface area (Å²) in [5.41, 5.74) is 2.06. The molecule has 1 atom stereocenters. The molecular formula is C17H25N3. The highest BCUT2D eigenvalue weighted by Gasteiger charge is 2.23. The molecule has 1 N–H and O–H groups in total. The Morgan fingerprint density at radius 2 is 1.95 bits per heavy atom. The number of benzene rings is 1. The van der Waals surface area contributed by atoms with Crippen molar-refractivity contribution in [2.45, 2.75) is 32.2 Å². The molecule has 3 heteroatoms. The van der Waals surface area contributed by atoms with Crippen LogP contribution in [0.3, 0.4) is 0 Å². The van der Waals surface area contributed by atoms with Crippen LogP contribution in [0.1, 0.15) is 43.4 Å². The highest BCUT2D eigenvalue weighted by molar-refractivity contribution is 5.32. The minimum atomic E-state index is 0.452. The van der Waals surface area contributed by atoms with E-state index in [0.29, 0.717) is 6.04 Å². The van der Waals surface area contributed by atoms with E-state index in [1.807, 2.05) is 19.2 Å². The fourth-order valence-corrected chi connectivity index (χ4v) is 3.02. The van der Waals surface area contributed by atoms with E-state index in [0.717, 1.165) is 18.0 Å². The lowest BCUT2D eigenvalue weighted by Gasteiger charge is -2.36. The van der Waals surface area contributed by atoms with Crippen molar-refractivity contribution in [1.82, 2.24) is 10.2 Å². The van der Waals surface area contributed by atoms with Crippen molar-refractivity contribution in [3.63, 3.8) is 0 Å². The number of hydrogen-bond acceptors (Lipinski definition) is 3. The molecule has 3 nitrogen and oxygen atoms in total. The lowest BCUT2D eigenvalue weighted by atomic mass is 9.92. The molecule has 1 aromatic rings. The van der Waals surface area contributed by atoms with Gasteiger partial charge < -0.3 is 5.32 Å². The zero-order chi connectivity index (χ0) is 14.4. The van der Waals surface area contributed by atoms with Crippen LogP contribution in [0.15, 0.2) is 24.3 Å². The van der Waals surface area contributed by atoms with Crippen molar-refractivity contribution < 1.29 is 0 Å². The first-order valence-corrected chi connectivity index (χ1v) is 7.63. The summed E-state index contributed by atoms with van der Waals surface area (Å²) in [5.74, 6) is 0.881. The number of rotatable bonds is 5. The Hall–Kier alpha value is -1.37. The van der Waals surface area contributed by atoms with Crippen LogP contribution in [0.25, 0.3) is 0 Å². The van der Waals surface area contributed by atoms with E-state index in [1.165, 1.54) is 37.9 Å². The normalized spacial score (nSPS) is 18.6. The zero-order valence-corrected chi connectivity index (χ0v) is 12.6. The standard InChI is InChI=1S/C17H25N3/c1-14(17-5-3-16(13-18)4-6-17)20-11-8-15(9-12-20)7-10-19-2/h3-6,14-15,19H,7-12H2,1-2H3. The molecule has 1 aliphatic heterocycles. The fourth-order valence-electron chi connectivity index (χ4n) is 3.02. The topological polar surface area (TPSA) is 39.1 Å². The van der Waals surface area contributed by atoms with Gasteiger partial charge in [0.05, 0.1) is 11.6 Å². The number of piperidine rings is 1. The first kappa shape index (κ1) is 15.0. The van der Waals surface area contributed by atoms with Crippen LogP contribution in [-0.2, 0) is 0 Å². The quantitative estimate of drug-likeness (QED) is 0.895. The third-order valence-corrected chi connectivity index (χ3v) is 4.52. The SMILES string of the molecule is CNCCC1CCN(C(C)c2ccc(C#N)cc2)CC1. The second kappa shape index (κ2) is 7.42. The lowest BCUT2D eigenvalue weighted by Crippen LogP contribution is -2.36. The molecule has 0 saturated carbocycles. The number of nitrogens with one attached hydrogen (secondary N) is 1. The smallest absolute Gasteiger partial charge is 0.0991 e. The minimum absolute atomic E-state index is 0.452. The molecule has 0 amide bonds. The van der Waals surface area contributed by atoms with Gasteiger partial charge in [-0.15, -0.1) is 0 Å². The molecule has 1 heterocycles. The van der Waals surface area contributed by atoms with E-state index < -0.39 is 0 Å². The van der Waals surface area contributed by atoms with E-state index >= 15 is 0 Å². The minimum Gasteiger partial charge on any atom is -0.320 e. The molecule has 2 rings (SSSR count). The molecule has 1 aromatic carbocycles. The third-order valence-electron chi connectivity index (χ3n) is 4.52. The molecular weight excluding hydrogens is 246 g/mol. The van der Waals surface area contributed by atoms with E-state index in [-0.39, 0.29) is 0 Å². The number of likely N-dealkylation sites (tertiary alicyclic amines) is 1. The van der Waals surface area contributed by atoms with Gasteiger partial charge in [-0.1, -0.05) is 12.1 Å². The van der Waals surface area contributed by atoms with Gasteiger partial charge in [0.25, 0.3) is 0 Å². The van der Waals surface area contributed by atoms with E-state index in [4.69, 9.17) is 5.26 Å². The molecule has 1 aliphatic rings. The molecule has 0 aromatic heterocycles. The predicted molar refractivity (Wildman–Crippen MR) is 82.4 cm³/mol. The Kier molecular flexibility index (Phi) is 5.58. The van der Waals surface area contributed by atoms with Crippen molar-refractivity contribution in [3.8, 4) is 6.07 Å². The summed E-state index contributed by atoms with van der Waals surface area (Å²) in [4.78, 5) is 2.57. The van der Waals surface area contributed by atoms with Gasteiger partial charge in [0, 0.05) is 6.04 Å². The summed E-state index contributed by atoms with van der Waals surface area (Å²) < 4.78 is 0. The molecule has 0 radical (unpaired) electrons. The maximum absolute atomic E-state index is 8.85. The van der Waals surface area contributed by atoms with Gasteiger partial charge in [-0.3, -0.25) is 4.90 Å². The molecule has 0 spiro atoms. The summed E-state index contributed by atoms with van der Waals surface area (Å²) in [7, 11) is 2.03. The fraction of sp³-hybridized carbons (Fsp3) is 0.588. The maximum atomic E-state index is 8.85. The Labute approximate surface area is 122 Å². The predicted octanol–water partition coefficient (Wildman–Crippen LogP) is 2.94. The molecule has 0 aliphatic carbocycles. The van der Waals surface area contributed by atoms with Gasteiger partial charge in [-0.05, 0) is 76.5 Å².